The van der Waals surface area contributed by atoms with Crippen LogP contribution in [0, 0.1) is 0 Å². The third-order valence-corrected chi connectivity index (χ3v) is 6.00. The lowest BCUT2D eigenvalue weighted by Gasteiger charge is -2.15. The molecule has 0 radical (unpaired) electrons. The van der Waals surface area contributed by atoms with Gasteiger partial charge in [0.1, 0.15) is 12.6 Å². The molecule has 3 aromatic carbocycles. The van der Waals surface area contributed by atoms with Crippen molar-refractivity contribution in [3.63, 3.8) is 0 Å². The lowest BCUT2D eigenvalue weighted by Crippen LogP contribution is -2.42. The molecule has 1 amide bonds. The number of fused-ring (bicyclic) bond motifs is 4. The van der Waals surface area contributed by atoms with Gasteiger partial charge in [-0.15, -0.1) is 0 Å². The molecule has 0 spiro atoms. The number of halogens is 1. The number of hydrogen-bond donors (Lipinski definition) is 3. The molecule has 1 aliphatic carbocycles. The molecule has 7 heteroatoms. The van der Waals surface area contributed by atoms with E-state index in [-0.39, 0.29) is 17.7 Å². The highest BCUT2D eigenvalue weighted by Crippen LogP contribution is 2.38. The molecule has 1 atom stereocenters. The summed E-state index contributed by atoms with van der Waals surface area (Å²) in [4.78, 5) is 27.3. The zero-order chi connectivity index (χ0) is 22.1. The maximum Gasteiger partial charge on any atom is 0.408 e. The molecule has 3 N–H and O–H groups in total. The second-order valence-electron chi connectivity index (χ2n) is 7.95. The number of hydrogen-bond acceptors (Lipinski definition) is 3. The van der Waals surface area contributed by atoms with E-state index in [9.17, 15) is 14.7 Å². The summed E-state index contributed by atoms with van der Waals surface area (Å²) >= 11 is 0. The first-order valence-electron chi connectivity index (χ1n) is 10.5. The van der Waals surface area contributed by atoms with Gasteiger partial charge in [-0.3, -0.25) is 4.70 Å². The summed E-state index contributed by atoms with van der Waals surface area (Å²) in [7, 11) is 0. The molecule has 168 valence electrons. The second-order valence-corrected chi connectivity index (χ2v) is 7.95. The normalized spacial score (nSPS) is 12.4. The second kappa shape index (κ2) is 9.16. The Morgan fingerprint density at radius 3 is 2.58 bits per heavy atom. The van der Waals surface area contributed by atoms with Gasteiger partial charge in [0.25, 0.3) is 0 Å². The third-order valence-electron chi connectivity index (χ3n) is 6.00. The van der Waals surface area contributed by atoms with Gasteiger partial charge in [-0.1, -0.05) is 60.7 Å². The minimum absolute atomic E-state index is 0. The Morgan fingerprint density at radius 1 is 0.970 bits per heavy atom. The number of carboxylic acid groups (broad SMARTS) is 1. The molecular formula is C26H23FN2O4. The summed E-state index contributed by atoms with van der Waals surface area (Å²) < 4.78 is 5.42. The Labute approximate surface area is 189 Å². The van der Waals surface area contributed by atoms with E-state index in [0.29, 0.717) is 0 Å². The summed E-state index contributed by atoms with van der Waals surface area (Å²) in [6.07, 6.45) is 1.99. The molecule has 0 saturated carbocycles. The van der Waals surface area contributed by atoms with Crippen molar-refractivity contribution in [3.05, 3.63) is 95.2 Å². The topological polar surface area (TPSA) is 91.4 Å². The number of ether oxygens (including phenoxy) is 1. The number of alkyl carbamates (subject to hydrolysis) is 1. The average molecular weight is 446 g/mol. The van der Waals surface area contributed by atoms with Crippen LogP contribution in [0.4, 0.5) is 9.50 Å². The highest BCUT2D eigenvalue weighted by molar-refractivity contribution is 5.85. The van der Waals surface area contributed by atoms with Crippen molar-refractivity contribution in [2.75, 3.05) is 0 Å². The number of aromatic nitrogens is 1. The monoisotopic (exact) mass is 446 g/mol. The first-order valence-corrected chi connectivity index (χ1v) is 10.5. The number of amides is 1. The first kappa shape index (κ1) is 22.1. The molecule has 1 aliphatic rings. The van der Waals surface area contributed by atoms with E-state index in [1.165, 1.54) is 11.1 Å². The molecule has 5 rings (SSSR count). The molecule has 0 saturated heterocycles. The van der Waals surface area contributed by atoms with Crippen molar-refractivity contribution >= 4 is 23.0 Å². The van der Waals surface area contributed by atoms with E-state index in [4.69, 9.17) is 4.74 Å². The van der Waals surface area contributed by atoms with Crippen LogP contribution in [0.25, 0.3) is 22.0 Å². The van der Waals surface area contributed by atoms with Crippen LogP contribution in [-0.4, -0.2) is 28.2 Å². The number of benzene rings is 3. The fourth-order valence-electron chi connectivity index (χ4n) is 4.41. The van der Waals surface area contributed by atoms with Gasteiger partial charge in [-0.2, -0.15) is 0 Å². The van der Waals surface area contributed by atoms with Crippen molar-refractivity contribution in [1.29, 1.82) is 0 Å². The van der Waals surface area contributed by atoms with Crippen molar-refractivity contribution in [1.82, 2.24) is 10.3 Å². The molecular weight excluding hydrogens is 423 g/mol. The standard InChI is InChI=1S/C26H22N2O4.FH/c29-25(30)24(13-18-14-27-23-11-4-3-9-20(18)23)28-26(31)32-15-17-7-5-10-21-19-8-2-1-6-16(19)12-22(17)21;/h1-11,14,24,27H,12-13,15H2,(H,28,31)(H,29,30);1H/t24-;/m0./s1. The molecule has 0 aliphatic heterocycles. The fourth-order valence-corrected chi connectivity index (χ4v) is 4.41. The number of aromatic amines is 1. The van der Waals surface area contributed by atoms with Gasteiger partial charge in [0.15, 0.2) is 0 Å². The van der Waals surface area contributed by atoms with Crippen molar-refractivity contribution in [2.24, 2.45) is 0 Å². The summed E-state index contributed by atoms with van der Waals surface area (Å²) in [6, 6.07) is 20.8. The summed E-state index contributed by atoms with van der Waals surface area (Å²) in [5.41, 5.74) is 7.44. The molecule has 33 heavy (non-hydrogen) atoms. The number of aliphatic carboxylic acids is 1. The van der Waals surface area contributed by atoms with Gasteiger partial charge in [0, 0.05) is 23.5 Å². The quantitative estimate of drug-likeness (QED) is 0.349. The van der Waals surface area contributed by atoms with E-state index in [0.717, 1.165) is 39.6 Å². The lowest BCUT2D eigenvalue weighted by molar-refractivity contribution is -0.139. The van der Waals surface area contributed by atoms with Crippen LogP contribution < -0.4 is 5.32 Å². The largest absolute Gasteiger partial charge is 0.480 e. The molecule has 0 bridgehead atoms. The van der Waals surface area contributed by atoms with Gasteiger partial charge in [-0.25, -0.2) is 9.59 Å². The molecule has 0 unspecified atom stereocenters. The van der Waals surface area contributed by atoms with E-state index in [2.05, 4.69) is 28.5 Å². The van der Waals surface area contributed by atoms with Gasteiger partial charge in [0.2, 0.25) is 0 Å². The number of para-hydroxylation sites is 1. The van der Waals surface area contributed by atoms with Gasteiger partial charge < -0.3 is 20.1 Å². The molecule has 1 heterocycles. The van der Waals surface area contributed by atoms with E-state index >= 15 is 0 Å². The zero-order valence-electron chi connectivity index (χ0n) is 17.7. The number of nitrogens with one attached hydrogen (secondary N) is 2. The molecule has 6 nitrogen and oxygen atoms in total. The average Bonchev–Trinajstić information content (AvgIpc) is 3.39. The number of carboxylic acids is 1. The molecule has 4 aromatic rings. The maximum absolute atomic E-state index is 12.4. The lowest BCUT2D eigenvalue weighted by atomic mass is 10.0. The number of carbonyl (C=O) groups excluding carboxylic acids is 1. The minimum Gasteiger partial charge on any atom is -0.480 e. The van der Waals surface area contributed by atoms with E-state index in [1.54, 1.807) is 6.20 Å². The van der Waals surface area contributed by atoms with E-state index in [1.807, 2.05) is 48.5 Å². The SMILES string of the molecule is F.O=C(N[C@@H](Cc1c[nH]c2ccccc12)C(=O)O)OCc1cccc2c1Cc1ccccc1-2. The van der Waals surface area contributed by atoms with Crippen LogP contribution in [-0.2, 0) is 29.0 Å². The number of H-pyrrole nitrogens is 1. The predicted molar refractivity (Wildman–Crippen MR) is 124 cm³/mol. The van der Waals surface area contributed by atoms with Gasteiger partial charge >= 0.3 is 12.1 Å². The van der Waals surface area contributed by atoms with Gasteiger partial charge in [-0.05, 0) is 45.9 Å². The third kappa shape index (κ3) is 4.30. The smallest absolute Gasteiger partial charge is 0.408 e. The zero-order valence-corrected chi connectivity index (χ0v) is 17.7. The van der Waals surface area contributed by atoms with Crippen LogP contribution in [0.1, 0.15) is 22.3 Å². The van der Waals surface area contributed by atoms with Crippen LogP contribution in [0.3, 0.4) is 0 Å². The Hall–Kier alpha value is -4.13. The highest BCUT2D eigenvalue weighted by Gasteiger charge is 2.24. The van der Waals surface area contributed by atoms with Crippen LogP contribution in [0.15, 0.2) is 72.9 Å². The maximum atomic E-state index is 12.4. The van der Waals surface area contributed by atoms with Crippen molar-refractivity contribution in [3.8, 4) is 11.1 Å². The Morgan fingerprint density at radius 2 is 1.73 bits per heavy atom. The highest BCUT2D eigenvalue weighted by atomic mass is 19.0. The number of rotatable bonds is 6. The van der Waals surface area contributed by atoms with Crippen LogP contribution >= 0.6 is 0 Å². The van der Waals surface area contributed by atoms with Gasteiger partial charge in [0.05, 0.1) is 0 Å². The van der Waals surface area contributed by atoms with Crippen LogP contribution in [0.2, 0.25) is 0 Å². The molecule has 0 fully saturated rings. The van der Waals surface area contributed by atoms with Crippen molar-refractivity contribution in [2.45, 2.75) is 25.5 Å². The predicted octanol–water partition coefficient (Wildman–Crippen LogP) is 4.81. The summed E-state index contributed by atoms with van der Waals surface area (Å²) in [5, 5.41) is 13.1. The fraction of sp³-hybridized carbons (Fsp3) is 0.154. The minimum atomic E-state index is -1.11. The summed E-state index contributed by atoms with van der Waals surface area (Å²) in [5.74, 6) is -1.11. The first-order chi connectivity index (χ1) is 15.6. The van der Waals surface area contributed by atoms with Crippen LogP contribution in [0.5, 0.6) is 0 Å². The Balaban J connectivity index is 0.00000259. The molecule has 1 aromatic heterocycles. The number of carbonyl (C=O) groups is 2. The van der Waals surface area contributed by atoms with Crippen molar-refractivity contribution < 1.29 is 24.1 Å². The Bertz CT molecular complexity index is 1330. The Kier molecular flexibility index (Phi) is 6.13. The van der Waals surface area contributed by atoms with E-state index < -0.39 is 18.1 Å². The summed E-state index contributed by atoms with van der Waals surface area (Å²) in [6.45, 7) is 0.0857.